The molecule has 2 atom stereocenters. The molecule has 0 saturated carbocycles. The number of aliphatic carboxylic acids is 1. The number of carboxylic acids is 1. The first-order valence-electron chi connectivity index (χ1n) is 9.98. The van der Waals surface area contributed by atoms with E-state index in [2.05, 4.69) is 41.5 Å². The summed E-state index contributed by atoms with van der Waals surface area (Å²) in [6.45, 7) is 2.82. The molecule has 170 valence electrons. The normalized spacial score (nSPS) is 12.9. The number of nitrogens with zero attached hydrogens (tertiary/aromatic N) is 1. The summed E-state index contributed by atoms with van der Waals surface area (Å²) in [4.78, 5) is 13.0. The summed E-state index contributed by atoms with van der Waals surface area (Å²) < 4.78 is 31.7. The van der Waals surface area contributed by atoms with E-state index in [-0.39, 0.29) is 6.04 Å². The lowest BCUT2D eigenvalue weighted by Crippen LogP contribution is -2.34. The van der Waals surface area contributed by atoms with Crippen LogP contribution in [0.3, 0.4) is 0 Å². The lowest BCUT2D eigenvalue weighted by Gasteiger charge is -2.23. The van der Waals surface area contributed by atoms with Gasteiger partial charge in [0.05, 0.1) is 6.10 Å². The van der Waals surface area contributed by atoms with E-state index < -0.39 is 18.2 Å². The van der Waals surface area contributed by atoms with Crippen LogP contribution in [-0.2, 0) is 11.3 Å². The molecule has 0 saturated heterocycles. The second kappa shape index (κ2) is 12.0. The van der Waals surface area contributed by atoms with Gasteiger partial charge in [-0.05, 0) is 46.9 Å². The number of benzene rings is 2. The maximum atomic E-state index is 10.6. The number of carboxylic acid groups (broad SMARTS) is 1. The molecule has 0 aliphatic rings. The molecular formula is C24H25F3N2O3. The Hall–Kier alpha value is -3.23. The Labute approximate surface area is 184 Å². The highest BCUT2D eigenvalue weighted by Gasteiger charge is 2.38. The Morgan fingerprint density at radius 1 is 1.00 bits per heavy atom. The van der Waals surface area contributed by atoms with Gasteiger partial charge < -0.3 is 15.5 Å². The molecule has 3 aromatic rings. The molecule has 0 fully saturated rings. The molecule has 0 amide bonds. The maximum absolute atomic E-state index is 10.6. The summed E-state index contributed by atoms with van der Waals surface area (Å²) in [6, 6.07) is 22.4. The highest BCUT2D eigenvalue weighted by atomic mass is 19.4. The SMILES string of the molecule is CCC(NCc1cccc(-c2ccncc2)c1)C(O)c1ccccc1.O=C(O)C(F)(F)F. The van der Waals surface area contributed by atoms with Gasteiger partial charge >= 0.3 is 12.1 Å². The molecule has 3 N–H and O–H groups in total. The van der Waals surface area contributed by atoms with Gasteiger partial charge in [-0.25, -0.2) is 4.79 Å². The van der Waals surface area contributed by atoms with Gasteiger partial charge in [-0.3, -0.25) is 4.98 Å². The summed E-state index contributed by atoms with van der Waals surface area (Å²) in [5.74, 6) is -2.76. The molecule has 0 aliphatic heterocycles. The summed E-state index contributed by atoms with van der Waals surface area (Å²) in [7, 11) is 0. The van der Waals surface area contributed by atoms with Gasteiger partial charge in [0.15, 0.2) is 0 Å². The number of alkyl halides is 3. The Morgan fingerprint density at radius 3 is 2.19 bits per heavy atom. The molecule has 3 rings (SSSR count). The van der Waals surface area contributed by atoms with Crippen molar-refractivity contribution >= 4 is 5.97 Å². The van der Waals surface area contributed by atoms with Crippen molar-refractivity contribution < 1.29 is 28.2 Å². The van der Waals surface area contributed by atoms with Crippen molar-refractivity contribution in [3.05, 3.63) is 90.3 Å². The highest BCUT2D eigenvalue weighted by molar-refractivity contribution is 5.73. The fourth-order valence-electron chi connectivity index (χ4n) is 3.02. The molecule has 2 aromatic carbocycles. The Balaban J connectivity index is 0.000000451. The van der Waals surface area contributed by atoms with Crippen LogP contribution in [0.1, 0.15) is 30.6 Å². The lowest BCUT2D eigenvalue weighted by atomic mass is 9.99. The molecular weight excluding hydrogens is 421 g/mol. The molecule has 32 heavy (non-hydrogen) atoms. The standard InChI is InChI=1S/C22H24N2O.C2HF3O2/c1-2-21(22(25)19-8-4-3-5-9-19)24-16-17-7-6-10-20(15-17)18-11-13-23-14-12-18;3-2(4,5)1(6)7/h3-15,21-22,24-25H,2,16H2,1H3;(H,6,7). The quantitative estimate of drug-likeness (QED) is 0.477. The van der Waals surface area contributed by atoms with Crippen LogP contribution in [0, 0.1) is 0 Å². The van der Waals surface area contributed by atoms with E-state index in [0.29, 0.717) is 0 Å². The summed E-state index contributed by atoms with van der Waals surface area (Å²) >= 11 is 0. The number of aromatic nitrogens is 1. The van der Waals surface area contributed by atoms with Crippen LogP contribution in [-0.4, -0.2) is 33.4 Å². The largest absolute Gasteiger partial charge is 0.490 e. The second-order valence-corrected chi connectivity index (χ2v) is 6.99. The number of halogens is 3. The summed E-state index contributed by atoms with van der Waals surface area (Å²) in [6.07, 6.45) is -1.11. The van der Waals surface area contributed by atoms with Gasteiger partial charge in [0.1, 0.15) is 0 Å². The molecule has 8 heteroatoms. The minimum atomic E-state index is -5.08. The second-order valence-electron chi connectivity index (χ2n) is 6.99. The van der Waals surface area contributed by atoms with Crippen molar-refractivity contribution in [2.75, 3.05) is 0 Å². The van der Waals surface area contributed by atoms with E-state index in [0.717, 1.165) is 24.1 Å². The van der Waals surface area contributed by atoms with Gasteiger partial charge in [0.25, 0.3) is 0 Å². The first kappa shape index (κ1) is 25.0. The molecule has 1 aromatic heterocycles. The number of hydrogen-bond donors (Lipinski definition) is 3. The maximum Gasteiger partial charge on any atom is 0.490 e. The predicted octanol–water partition coefficient (Wildman–Crippen LogP) is 4.98. The highest BCUT2D eigenvalue weighted by Crippen LogP contribution is 2.21. The fraction of sp³-hybridized carbons (Fsp3) is 0.250. The molecule has 5 nitrogen and oxygen atoms in total. The molecule has 0 bridgehead atoms. The van der Waals surface area contributed by atoms with Crippen molar-refractivity contribution in [3.8, 4) is 11.1 Å². The number of rotatable bonds is 7. The Bertz CT molecular complexity index is 967. The molecule has 0 aliphatic carbocycles. The minimum absolute atomic E-state index is 0.0204. The van der Waals surface area contributed by atoms with Gasteiger partial charge in [0, 0.05) is 25.0 Å². The molecule has 1 heterocycles. The van der Waals surface area contributed by atoms with Crippen molar-refractivity contribution in [1.29, 1.82) is 0 Å². The van der Waals surface area contributed by atoms with E-state index in [9.17, 15) is 18.3 Å². The van der Waals surface area contributed by atoms with Gasteiger partial charge in [-0.1, -0.05) is 55.5 Å². The molecule has 2 unspecified atom stereocenters. The minimum Gasteiger partial charge on any atom is -0.475 e. The zero-order chi connectivity index (χ0) is 23.6. The third-order valence-electron chi connectivity index (χ3n) is 4.71. The van der Waals surface area contributed by atoms with Gasteiger partial charge in [-0.2, -0.15) is 13.2 Å². The van der Waals surface area contributed by atoms with Crippen LogP contribution < -0.4 is 5.32 Å². The van der Waals surface area contributed by atoms with Crippen molar-refractivity contribution in [1.82, 2.24) is 10.3 Å². The third kappa shape index (κ3) is 7.79. The fourth-order valence-corrected chi connectivity index (χ4v) is 3.02. The predicted molar refractivity (Wildman–Crippen MR) is 116 cm³/mol. The number of carbonyl (C=O) groups is 1. The number of hydrogen-bond acceptors (Lipinski definition) is 4. The van der Waals surface area contributed by atoms with E-state index in [1.165, 1.54) is 11.1 Å². The number of nitrogens with one attached hydrogen (secondary N) is 1. The zero-order valence-corrected chi connectivity index (χ0v) is 17.5. The Kier molecular flexibility index (Phi) is 9.37. The van der Waals surface area contributed by atoms with Crippen LogP contribution in [0.2, 0.25) is 0 Å². The Morgan fingerprint density at radius 2 is 1.62 bits per heavy atom. The molecule has 0 radical (unpaired) electrons. The van der Waals surface area contributed by atoms with Crippen LogP contribution in [0.15, 0.2) is 79.1 Å². The van der Waals surface area contributed by atoms with Crippen molar-refractivity contribution in [2.45, 2.75) is 38.2 Å². The van der Waals surface area contributed by atoms with Crippen LogP contribution >= 0.6 is 0 Å². The van der Waals surface area contributed by atoms with Crippen LogP contribution in [0.4, 0.5) is 13.2 Å². The van der Waals surface area contributed by atoms with Crippen molar-refractivity contribution in [3.63, 3.8) is 0 Å². The number of pyridine rings is 1. The van der Waals surface area contributed by atoms with E-state index in [1.807, 2.05) is 54.9 Å². The smallest absolute Gasteiger partial charge is 0.475 e. The average molecular weight is 446 g/mol. The monoisotopic (exact) mass is 446 g/mol. The van der Waals surface area contributed by atoms with E-state index >= 15 is 0 Å². The first-order valence-corrected chi connectivity index (χ1v) is 9.98. The molecule has 0 spiro atoms. The van der Waals surface area contributed by atoms with Crippen LogP contribution in [0.5, 0.6) is 0 Å². The first-order chi connectivity index (χ1) is 15.2. The van der Waals surface area contributed by atoms with Gasteiger partial charge in [0.2, 0.25) is 0 Å². The summed E-state index contributed by atoms with van der Waals surface area (Å²) in [5.41, 5.74) is 4.49. The lowest BCUT2D eigenvalue weighted by molar-refractivity contribution is -0.192. The van der Waals surface area contributed by atoms with E-state index in [4.69, 9.17) is 9.90 Å². The number of aliphatic hydroxyl groups is 1. The summed E-state index contributed by atoms with van der Waals surface area (Å²) in [5, 5.41) is 21.2. The zero-order valence-electron chi connectivity index (χ0n) is 17.5. The van der Waals surface area contributed by atoms with Gasteiger partial charge in [-0.15, -0.1) is 0 Å². The number of aliphatic hydroxyl groups excluding tert-OH is 1. The average Bonchev–Trinajstić information content (AvgIpc) is 2.80. The topological polar surface area (TPSA) is 82.5 Å². The van der Waals surface area contributed by atoms with Crippen LogP contribution in [0.25, 0.3) is 11.1 Å². The van der Waals surface area contributed by atoms with Crippen molar-refractivity contribution in [2.24, 2.45) is 0 Å². The van der Waals surface area contributed by atoms with E-state index in [1.54, 1.807) is 0 Å². The third-order valence-corrected chi connectivity index (χ3v) is 4.71.